The van der Waals surface area contributed by atoms with Crippen LogP contribution in [0.1, 0.15) is 23.0 Å². The second-order valence-corrected chi connectivity index (χ2v) is 31.1. The van der Waals surface area contributed by atoms with Gasteiger partial charge in [-0.1, -0.05) is 285 Å². The van der Waals surface area contributed by atoms with Gasteiger partial charge in [0.2, 0.25) is 0 Å². The lowest BCUT2D eigenvalue weighted by atomic mass is 9.91. The lowest BCUT2D eigenvalue weighted by molar-refractivity contribution is 0.669. The summed E-state index contributed by atoms with van der Waals surface area (Å²) in [6.07, 6.45) is 5.33. The summed E-state index contributed by atoms with van der Waals surface area (Å²) in [4.78, 5) is 31.2. The van der Waals surface area contributed by atoms with E-state index in [1.807, 2.05) is 36.4 Å². The van der Waals surface area contributed by atoms with Gasteiger partial charge in [-0.05, 0) is 192 Å². The van der Waals surface area contributed by atoms with E-state index in [0.29, 0.717) is 29.1 Å². The minimum Gasteiger partial charge on any atom is -0.455 e. The van der Waals surface area contributed by atoms with E-state index in [0.717, 1.165) is 95.6 Å². The van der Waals surface area contributed by atoms with Crippen molar-refractivity contribution >= 4 is 136 Å². The molecule has 1 unspecified atom stereocenters. The van der Waals surface area contributed by atoms with Crippen molar-refractivity contribution in [3.05, 3.63) is 411 Å². The first-order valence-electron chi connectivity index (χ1n) is 40.8. The van der Waals surface area contributed by atoms with Crippen LogP contribution < -0.4 is 0 Å². The van der Waals surface area contributed by atoms with E-state index < -0.39 is 0 Å². The fraction of sp³-hybridized carbons (Fsp3) is 0.0182. The number of para-hydroxylation sites is 4. The standard InChI is InChI=1S/C57H37N5.C53H32N4O/c1-2-16-43(17-3-1)61-49-21-11-10-20-47(49)48-35-42(28-31-50(48)61)57-59-55(58-56(60-57)41-23-22-36-12-4-5-15-40(36)34-41)39-24-29-44(30-25-39)62-51-32-26-37-13-6-8-18-45(37)53(51)54-46-19-9-7-14-38(46)27-33-52(54)62;1-2-11-33(12-3-1)34-21-23-37(24-22-34)51-54-52(56-53(55-51)44-19-10-18-43-42-17-8-9-20-47(42)58-50(43)44)38-25-29-39(30-26-38)57-45-31-27-35-13-4-6-15-40(35)48(45)49-41-16-7-5-14-36(41)28-32-46(49)57/h1-34,42H,35H2;1-32H. The molecule has 6 heterocycles. The molecule has 0 aliphatic heterocycles. The molecule has 0 radical (unpaired) electrons. The summed E-state index contributed by atoms with van der Waals surface area (Å²) < 4.78 is 13.6. The van der Waals surface area contributed by atoms with Crippen LogP contribution in [-0.4, -0.2) is 43.6 Å². The first kappa shape index (κ1) is 68.4. The van der Waals surface area contributed by atoms with E-state index in [-0.39, 0.29) is 5.92 Å². The number of hydrogen-bond donors (Lipinski definition) is 0. The monoisotopic (exact) mass is 1530 g/mol. The van der Waals surface area contributed by atoms with Crippen molar-refractivity contribution in [2.45, 2.75) is 12.3 Å². The highest BCUT2D eigenvalue weighted by molar-refractivity contribution is 6.30. The molecule has 1 atom stereocenters. The SMILES string of the molecule is C1=CC(c2nc(-c3ccc(-n4c5ccc6ccccc6c5c5c6ccccc6ccc54)cc3)nc(-c3ccc4ccccc4c3)n2)Cc2c1n(-c1ccccc1)c1ccccc21.c1ccc(-c2ccc(-c3nc(-c4ccc(-n5c6ccc7ccccc7c6c6c7ccccc7ccc65)cc4)nc(-c4cccc5c4oc4ccccc45)n3)cc2)cc1. The van der Waals surface area contributed by atoms with E-state index >= 15 is 0 Å². The van der Waals surface area contributed by atoms with E-state index in [2.05, 4.69) is 378 Å². The van der Waals surface area contributed by atoms with Crippen molar-refractivity contribution in [3.8, 4) is 85.1 Å². The molecule has 1 aliphatic carbocycles. The lowest BCUT2D eigenvalue weighted by Gasteiger charge is -2.19. The zero-order valence-corrected chi connectivity index (χ0v) is 64.8. The number of allylic oxidation sites excluding steroid dienone is 1. The lowest BCUT2D eigenvalue weighted by Crippen LogP contribution is -2.12. The maximum Gasteiger partial charge on any atom is 0.167 e. The summed E-state index contributed by atoms with van der Waals surface area (Å²) in [5, 5.41) is 20.7. The number of hydrogen-bond acceptors (Lipinski definition) is 7. The summed E-state index contributed by atoms with van der Waals surface area (Å²) in [5.41, 5.74) is 20.1. The summed E-state index contributed by atoms with van der Waals surface area (Å²) >= 11 is 0. The second kappa shape index (κ2) is 27.9. The van der Waals surface area contributed by atoms with Crippen molar-refractivity contribution in [2.75, 3.05) is 0 Å². The Bertz CT molecular complexity index is 8120. The van der Waals surface area contributed by atoms with E-state index in [4.69, 9.17) is 34.3 Å². The highest BCUT2D eigenvalue weighted by Crippen LogP contribution is 2.46. The molecular weight excluding hydrogens is 1460 g/mol. The van der Waals surface area contributed by atoms with Gasteiger partial charge in [0.25, 0.3) is 0 Å². The van der Waals surface area contributed by atoms with Crippen LogP contribution >= 0.6 is 0 Å². The van der Waals surface area contributed by atoms with Crippen LogP contribution in [0.5, 0.6) is 0 Å². The van der Waals surface area contributed by atoms with Crippen LogP contribution in [0.3, 0.4) is 0 Å². The molecule has 0 fully saturated rings. The molecule has 0 amide bonds. The average Bonchev–Trinajstić information content (AvgIpc) is 1.56. The number of furan rings is 1. The number of aromatic nitrogens is 9. The predicted molar refractivity (Wildman–Crippen MR) is 495 cm³/mol. The van der Waals surface area contributed by atoms with Crippen molar-refractivity contribution in [1.29, 1.82) is 0 Å². The van der Waals surface area contributed by atoms with Crippen molar-refractivity contribution in [1.82, 2.24) is 43.6 Å². The molecule has 0 N–H and O–H groups in total. The molecule has 120 heavy (non-hydrogen) atoms. The molecule has 560 valence electrons. The third-order valence-electron chi connectivity index (χ3n) is 24.3. The Morgan fingerprint density at radius 3 is 1.18 bits per heavy atom. The van der Waals surface area contributed by atoms with Gasteiger partial charge in [0, 0.05) is 88.6 Å². The Hall–Kier alpha value is -16.0. The number of benzene rings is 18. The Labute approximate surface area is 688 Å². The second-order valence-electron chi connectivity index (χ2n) is 31.1. The van der Waals surface area contributed by atoms with Gasteiger partial charge < -0.3 is 18.1 Å². The molecular formula is C110H69N9O. The summed E-state index contributed by atoms with van der Waals surface area (Å²) in [7, 11) is 0. The van der Waals surface area contributed by atoms with Gasteiger partial charge in [0.05, 0.1) is 33.1 Å². The third-order valence-corrected chi connectivity index (χ3v) is 24.3. The van der Waals surface area contributed by atoms with Crippen LogP contribution in [0.4, 0.5) is 0 Å². The molecule has 0 spiro atoms. The van der Waals surface area contributed by atoms with Gasteiger partial charge in [-0.25, -0.2) is 29.9 Å². The summed E-state index contributed by atoms with van der Waals surface area (Å²) in [6.45, 7) is 0. The molecule has 24 aromatic rings. The van der Waals surface area contributed by atoms with Gasteiger partial charge in [-0.15, -0.1) is 0 Å². The van der Waals surface area contributed by atoms with E-state index in [1.54, 1.807) is 0 Å². The predicted octanol–water partition coefficient (Wildman–Crippen LogP) is 27.9. The smallest absolute Gasteiger partial charge is 0.167 e. The maximum absolute atomic E-state index is 6.47. The van der Waals surface area contributed by atoms with Crippen LogP contribution in [0.25, 0.3) is 222 Å². The minimum absolute atomic E-state index is 0.0417. The average molecular weight is 1530 g/mol. The number of nitrogens with zero attached hydrogens (tertiary/aromatic N) is 9. The van der Waals surface area contributed by atoms with Crippen molar-refractivity contribution < 1.29 is 4.42 Å². The maximum atomic E-state index is 6.47. The third kappa shape index (κ3) is 11.3. The Kier molecular flexibility index (Phi) is 15.9. The molecule has 0 saturated heterocycles. The molecule has 0 saturated carbocycles. The molecule has 6 aromatic heterocycles. The highest BCUT2D eigenvalue weighted by Gasteiger charge is 2.28. The molecule has 0 bridgehead atoms. The fourth-order valence-corrected chi connectivity index (χ4v) is 18.7. The zero-order valence-electron chi connectivity index (χ0n) is 64.8. The van der Waals surface area contributed by atoms with Crippen LogP contribution in [-0.2, 0) is 6.42 Å². The minimum atomic E-state index is -0.0417. The van der Waals surface area contributed by atoms with Crippen LogP contribution in [0.2, 0.25) is 0 Å². The molecule has 1 aliphatic rings. The van der Waals surface area contributed by atoms with Crippen molar-refractivity contribution in [3.63, 3.8) is 0 Å². The summed E-state index contributed by atoms with van der Waals surface area (Å²) in [5.74, 6) is 3.80. The number of fused-ring (bicyclic) bond motifs is 21. The first-order chi connectivity index (χ1) is 59.5. The molecule has 10 heteroatoms. The van der Waals surface area contributed by atoms with Crippen LogP contribution in [0, 0.1) is 0 Å². The fourth-order valence-electron chi connectivity index (χ4n) is 18.7. The molecule has 10 nitrogen and oxygen atoms in total. The Morgan fingerprint density at radius 2 is 0.633 bits per heavy atom. The zero-order chi connectivity index (χ0) is 78.9. The van der Waals surface area contributed by atoms with Gasteiger partial charge in [-0.3, -0.25) is 0 Å². The van der Waals surface area contributed by atoms with Crippen LogP contribution in [0.15, 0.2) is 399 Å². The van der Waals surface area contributed by atoms with Gasteiger partial charge in [0.1, 0.15) is 17.0 Å². The normalized spacial score (nSPS) is 12.8. The number of rotatable bonds is 10. The molecule has 18 aromatic carbocycles. The Balaban J connectivity index is 0.000000137. The van der Waals surface area contributed by atoms with E-state index in [1.165, 1.54) is 114 Å². The topological polar surface area (TPSA) is 105 Å². The Morgan fingerprint density at radius 1 is 0.250 bits per heavy atom. The largest absolute Gasteiger partial charge is 0.455 e. The summed E-state index contributed by atoms with van der Waals surface area (Å²) in [6, 6.07) is 138. The first-order valence-corrected chi connectivity index (χ1v) is 40.8. The highest BCUT2D eigenvalue weighted by atomic mass is 16.3. The van der Waals surface area contributed by atoms with Gasteiger partial charge >= 0.3 is 0 Å². The van der Waals surface area contributed by atoms with Gasteiger partial charge in [-0.2, -0.15) is 0 Å². The quantitative estimate of drug-likeness (QED) is 0.134. The molecule has 25 rings (SSSR count). The van der Waals surface area contributed by atoms with Crippen molar-refractivity contribution in [2.24, 2.45) is 0 Å². The van der Waals surface area contributed by atoms with Gasteiger partial charge in [0.15, 0.2) is 29.1 Å². The van der Waals surface area contributed by atoms with E-state index in [9.17, 15) is 0 Å².